The van der Waals surface area contributed by atoms with E-state index in [0.717, 1.165) is 0 Å². The number of aliphatic hydroxyl groups excluding tert-OH is 1. The van der Waals surface area contributed by atoms with Gasteiger partial charge in [-0.1, -0.05) is 0 Å². The fourth-order valence-corrected chi connectivity index (χ4v) is 1.09. The number of nitrogens with zero attached hydrogens (tertiary/aromatic N) is 4. The van der Waals surface area contributed by atoms with Gasteiger partial charge in [0.2, 0.25) is 5.95 Å². The van der Waals surface area contributed by atoms with Crippen LogP contribution in [0.1, 0.15) is 0 Å². The first kappa shape index (κ1) is 7.74. The topological polar surface area (TPSA) is 116 Å². The molecular formula is C6H8N6O. The van der Waals surface area contributed by atoms with Gasteiger partial charge in [0.25, 0.3) is 0 Å². The molecule has 0 fully saturated rings. The highest BCUT2D eigenvalue weighted by Crippen LogP contribution is 2.15. The average Bonchev–Trinajstić information content (AvgIpc) is 2.47. The molecule has 0 aliphatic rings. The van der Waals surface area contributed by atoms with Gasteiger partial charge < -0.3 is 16.6 Å². The third-order valence-corrected chi connectivity index (χ3v) is 1.66. The van der Waals surface area contributed by atoms with Crippen LogP contribution < -0.4 is 11.5 Å². The Labute approximate surface area is 73.0 Å². The number of rotatable bonds is 1. The van der Waals surface area contributed by atoms with Crippen LogP contribution in [0.2, 0.25) is 0 Å². The van der Waals surface area contributed by atoms with Crippen LogP contribution in [-0.2, 0) is 6.73 Å². The molecule has 0 atom stereocenters. The molecule has 2 aromatic heterocycles. The summed E-state index contributed by atoms with van der Waals surface area (Å²) in [6, 6.07) is 0. The Bertz CT molecular complexity index is 450. The zero-order chi connectivity index (χ0) is 9.42. The molecule has 2 rings (SSSR count). The highest BCUT2D eigenvalue weighted by molar-refractivity contribution is 5.82. The molecule has 0 aliphatic heterocycles. The van der Waals surface area contributed by atoms with Gasteiger partial charge in [-0.15, -0.1) is 0 Å². The molecule has 5 N–H and O–H groups in total. The molecule has 0 radical (unpaired) electrons. The van der Waals surface area contributed by atoms with Crippen molar-refractivity contribution >= 4 is 22.9 Å². The number of anilines is 2. The third kappa shape index (κ3) is 1.05. The van der Waals surface area contributed by atoms with Crippen molar-refractivity contribution in [3.05, 3.63) is 6.33 Å². The van der Waals surface area contributed by atoms with Gasteiger partial charge in [0.1, 0.15) is 12.2 Å². The van der Waals surface area contributed by atoms with E-state index >= 15 is 0 Å². The second-order valence-corrected chi connectivity index (χ2v) is 2.50. The minimum Gasteiger partial charge on any atom is -0.382 e. The van der Waals surface area contributed by atoms with Crippen LogP contribution in [0.25, 0.3) is 11.2 Å². The maximum absolute atomic E-state index is 8.89. The van der Waals surface area contributed by atoms with Gasteiger partial charge >= 0.3 is 0 Å². The summed E-state index contributed by atoms with van der Waals surface area (Å²) in [6.07, 6.45) is 1.43. The van der Waals surface area contributed by atoms with Crippen LogP contribution in [0.5, 0.6) is 0 Å². The van der Waals surface area contributed by atoms with E-state index in [4.69, 9.17) is 16.6 Å². The molecule has 0 unspecified atom stereocenters. The predicted molar refractivity (Wildman–Crippen MR) is 46.4 cm³/mol. The smallest absolute Gasteiger partial charge is 0.224 e. The van der Waals surface area contributed by atoms with E-state index in [9.17, 15) is 0 Å². The summed E-state index contributed by atoms with van der Waals surface area (Å²) in [5, 5.41) is 8.89. The van der Waals surface area contributed by atoms with Gasteiger partial charge in [-0.25, -0.2) is 4.98 Å². The maximum atomic E-state index is 8.89. The van der Waals surface area contributed by atoms with Gasteiger partial charge in [0.05, 0.1) is 6.33 Å². The molecule has 0 amide bonds. The molecule has 13 heavy (non-hydrogen) atoms. The van der Waals surface area contributed by atoms with E-state index in [1.165, 1.54) is 10.9 Å². The average molecular weight is 180 g/mol. The molecule has 2 heterocycles. The monoisotopic (exact) mass is 180 g/mol. The van der Waals surface area contributed by atoms with Crippen molar-refractivity contribution in [1.29, 1.82) is 0 Å². The number of fused-ring (bicyclic) bond motifs is 1. The third-order valence-electron chi connectivity index (χ3n) is 1.66. The van der Waals surface area contributed by atoms with Crippen molar-refractivity contribution in [3.63, 3.8) is 0 Å². The molecule has 7 heteroatoms. The van der Waals surface area contributed by atoms with Gasteiger partial charge in [-0.2, -0.15) is 9.97 Å². The van der Waals surface area contributed by atoms with Crippen molar-refractivity contribution in [2.24, 2.45) is 0 Å². The van der Waals surface area contributed by atoms with Crippen molar-refractivity contribution in [3.8, 4) is 0 Å². The maximum Gasteiger partial charge on any atom is 0.224 e. The molecule has 0 spiro atoms. The van der Waals surface area contributed by atoms with Crippen molar-refractivity contribution in [2.45, 2.75) is 6.73 Å². The minimum atomic E-state index is -0.216. The van der Waals surface area contributed by atoms with Crippen LogP contribution >= 0.6 is 0 Å². The lowest BCUT2D eigenvalue weighted by molar-refractivity contribution is 0.214. The van der Waals surface area contributed by atoms with Crippen LogP contribution in [-0.4, -0.2) is 24.6 Å². The van der Waals surface area contributed by atoms with Crippen molar-refractivity contribution < 1.29 is 5.11 Å². The molecule has 0 saturated carbocycles. The highest BCUT2D eigenvalue weighted by atomic mass is 16.3. The lowest BCUT2D eigenvalue weighted by Gasteiger charge is -1.99. The number of aromatic nitrogens is 4. The van der Waals surface area contributed by atoms with Crippen LogP contribution in [0.4, 0.5) is 11.8 Å². The standard InChI is InChI=1S/C6H8N6O/c7-4-3-5(11-6(8)10-4)12(2-13)1-9-3/h1,13H,2H2,(H4,7,8,10,11). The first-order valence-electron chi connectivity index (χ1n) is 3.57. The van der Waals surface area contributed by atoms with Crippen molar-refractivity contribution in [2.75, 3.05) is 11.5 Å². The SMILES string of the molecule is Nc1nc(N)c2ncn(CO)c2n1. The summed E-state index contributed by atoms with van der Waals surface area (Å²) in [7, 11) is 0. The van der Waals surface area contributed by atoms with Crippen LogP contribution in [0.15, 0.2) is 6.33 Å². The number of aliphatic hydroxyl groups is 1. The first-order chi connectivity index (χ1) is 6.22. The van der Waals surface area contributed by atoms with Gasteiger partial charge in [0.15, 0.2) is 11.5 Å². The largest absolute Gasteiger partial charge is 0.382 e. The Balaban J connectivity index is 2.82. The minimum absolute atomic E-state index is 0.0696. The Hall–Kier alpha value is -1.89. The summed E-state index contributed by atoms with van der Waals surface area (Å²) in [5.74, 6) is 0.287. The fourth-order valence-electron chi connectivity index (χ4n) is 1.09. The molecular weight excluding hydrogens is 172 g/mol. The van der Waals surface area contributed by atoms with E-state index in [-0.39, 0.29) is 18.5 Å². The summed E-state index contributed by atoms with van der Waals surface area (Å²) in [6.45, 7) is -0.216. The van der Waals surface area contributed by atoms with Crippen molar-refractivity contribution in [1.82, 2.24) is 19.5 Å². The van der Waals surface area contributed by atoms with Crippen LogP contribution in [0.3, 0.4) is 0 Å². The van der Waals surface area contributed by atoms with Crippen LogP contribution in [0, 0.1) is 0 Å². The zero-order valence-corrected chi connectivity index (χ0v) is 6.68. The molecule has 7 nitrogen and oxygen atoms in total. The summed E-state index contributed by atoms with van der Waals surface area (Å²) < 4.78 is 1.42. The quantitative estimate of drug-likeness (QED) is 0.515. The van der Waals surface area contributed by atoms with E-state index in [1.54, 1.807) is 0 Å². The predicted octanol–water partition coefficient (Wildman–Crippen LogP) is -1.06. The van der Waals surface area contributed by atoms with E-state index < -0.39 is 0 Å². The number of imidazole rings is 1. The summed E-state index contributed by atoms with van der Waals surface area (Å²) in [4.78, 5) is 11.6. The normalized spacial score (nSPS) is 10.8. The lowest BCUT2D eigenvalue weighted by atomic mass is 10.5. The Morgan fingerprint density at radius 1 is 1.38 bits per heavy atom. The molecule has 68 valence electrons. The summed E-state index contributed by atoms with van der Waals surface area (Å²) >= 11 is 0. The van der Waals surface area contributed by atoms with E-state index in [0.29, 0.717) is 11.2 Å². The Kier molecular flexibility index (Phi) is 1.52. The second kappa shape index (κ2) is 2.56. The summed E-state index contributed by atoms with van der Waals surface area (Å²) in [5.41, 5.74) is 11.8. The van der Waals surface area contributed by atoms with Gasteiger partial charge in [-0.05, 0) is 0 Å². The van der Waals surface area contributed by atoms with E-state index in [2.05, 4.69) is 15.0 Å². The molecule has 0 bridgehead atoms. The van der Waals surface area contributed by atoms with E-state index in [1.807, 2.05) is 0 Å². The zero-order valence-electron chi connectivity index (χ0n) is 6.68. The molecule has 0 aromatic carbocycles. The molecule has 0 aliphatic carbocycles. The Morgan fingerprint density at radius 3 is 2.85 bits per heavy atom. The second-order valence-electron chi connectivity index (χ2n) is 2.50. The number of nitrogen functional groups attached to an aromatic ring is 2. The fraction of sp³-hybridized carbons (Fsp3) is 0.167. The number of hydrogen-bond donors (Lipinski definition) is 3. The first-order valence-corrected chi connectivity index (χ1v) is 3.57. The number of hydrogen-bond acceptors (Lipinski definition) is 6. The highest BCUT2D eigenvalue weighted by Gasteiger charge is 2.08. The van der Waals surface area contributed by atoms with Gasteiger partial charge in [0, 0.05) is 0 Å². The molecule has 2 aromatic rings. The number of nitrogens with two attached hydrogens (primary N) is 2. The Morgan fingerprint density at radius 2 is 2.15 bits per heavy atom. The lowest BCUT2D eigenvalue weighted by Crippen LogP contribution is -2.03. The van der Waals surface area contributed by atoms with Gasteiger partial charge in [-0.3, -0.25) is 4.57 Å². The molecule has 0 saturated heterocycles.